The van der Waals surface area contributed by atoms with E-state index in [0.29, 0.717) is 24.5 Å². The van der Waals surface area contributed by atoms with Crippen LogP contribution in [0.1, 0.15) is 19.4 Å². The highest BCUT2D eigenvalue weighted by molar-refractivity contribution is 7.98. The molecule has 0 saturated carbocycles. The molecular formula is C13H17NO2S. The van der Waals surface area contributed by atoms with Crippen molar-refractivity contribution in [2.75, 3.05) is 19.5 Å². The van der Waals surface area contributed by atoms with Gasteiger partial charge in [0.05, 0.1) is 6.61 Å². The zero-order chi connectivity index (χ0) is 12.7. The number of rotatable bonds is 6. The Morgan fingerprint density at radius 1 is 1.47 bits per heavy atom. The van der Waals surface area contributed by atoms with Gasteiger partial charge in [-0.1, -0.05) is 6.07 Å². The van der Waals surface area contributed by atoms with Gasteiger partial charge < -0.3 is 9.47 Å². The van der Waals surface area contributed by atoms with Gasteiger partial charge >= 0.3 is 0 Å². The molecular weight excluding hydrogens is 234 g/mol. The van der Waals surface area contributed by atoms with Crippen LogP contribution in [0.25, 0.3) is 0 Å². The van der Waals surface area contributed by atoms with Gasteiger partial charge in [-0.05, 0) is 32.2 Å². The van der Waals surface area contributed by atoms with Gasteiger partial charge in [0, 0.05) is 11.5 Å². The summed E-state index contributed by atoms with van der Waals surface area (Å²) >= 11 is 1.55. The first-order chi connectivity index (χ1) is 8.22. The Morgan fingerprint density at radius 2 is 2.24 bits per heavy atom. The zero-order valence-electron chi connectivity index (χ0n) is 10.4. The van der Waals surface area contributed by atoms with E-state index in [1.165, 1.54) is 0 Å². The normalized spacial score (nSPS) is 11.9. The summed E-state index contributed by atoms with van der Waals surface area (Å²) in [6.45, 7) is 5.08. The minimum absolute atomic E-state index is 0.0563. The van der Waals surface area contributed by atoms with E-state index < -0.39 is 0 Å². The topological polar surface area (TPSA) is 42.2 Å². The van der Waals surface area contributed by atoms with Crippen LogP contribution in [-0.2, 0) is 4.74 Å². The third kappa shape index (κ3) is 3.95. The van der Waals surface area contributed by atoms with Crippen molar-refractivity contribution in [2.24, 2.45) is 0 Å². The predicted octanol–water partition coefficient (Wildman–Crippen LogP) is 3.08. The molecule has 0 aliphatic heterocycles. The van der Waals surface area contributed by atoms with Gasteiger partial charge in [-0.15, -0.1) is 11.8 Å². The van der Waals surface area contributed by atoms with Gasteiger partial charge in [-0.25, -0.2) is 0 Å². The molecule has 0 N–H and O–H groups in total. The van der Waals surface area contributed by atoms with E-state index in [9.17, 15) is 0 Å². The molecule has 1 atom stereocenters. The second-order valence-electron chi connectivity index (χ2n) is 3.53. The second-order valence-corrected chi connectivity index (χ2v) is 4.38. The van der Waals surface area contributed by atoms with Crippen molar-refractivity contribution >= 4 is 11.8 Å². The van der Waals surface area contributed by atoms with Crippen molar-refractivity contribution in [1.29, 1.82) is 5.26 Å². The lowest BCUT2D eigenvalue weighted by Gasteiger charge is -2.16. The van der Waals surface area contributed by atoms with Gasteiger partial charge in [0.15, 0.2) is 0 Å². The number of benzene rings is 1. The maximum atomic E-state index is 9.14. The first-order valence-electron chi connectivity index (χ1n) is 5.54. The van der Waals surface area contributed by atoms with Gasteiger partial charge in [-0.3, -0.25) is 0 Å². The van der Waals surface area contributed by atoms with Crippen molar-refractivity contribution < 1.29 is 9.47 Å². The molecule has 0 bridgehead atoms. The first-order valence-corrected chi connectivity index (χ1v) is 6.76. The number of hydrogen-bond donors (Lipinski definition) is 0. The molecule has 0 amide bonds. The molecule has 0 radical (unpaired) electrons. The van der Waals surface area contributed by atoms with Gasteiger partial charge in [-0.2, -0.15) is 5.26 Å². The highest BCUT2D eigenvalue weighted by Gasteiger charge is 2.11. The van der Waals surface area contributed by atoms with E-state index in [2.05, 4.69) is 6.07 Å². The molecule has 4 heteroatoms. The lowest BCUT2D eigenvalue weighted by molar-refractivity contribution is 0.0654. The van der Waals surface area contributed by atoms with Gasteiger partial charge in [0.25, 0.3) is 0 Å². The number of thioether (sulfide) groups is 1. The number of ether oxygens (including phenoxy) is 2. The summed E-state index contributed by atoms with van der Waals surface area (Å²) in [5.74, 6) is 0.631. The van der Waals surface area contributed by atoms with Crippen LogP contribution in [0.2, 0.25) is 0 Å². The molecule has 0 aliphatic carbocycles. The molecule has 0 spiro atoms. The van der Waals surface area contributed by atoms with Crippen LogP contribution in [-0.4, -0.2) is 25.6 Å². The Labute approximate surface area is 107 Å². The van der Waals surface area contributed by atoms with Crippen LogP contribution >= 0.6 is 11.8 Å². The van der Waals surface area contributed by atoms with E-state index in [1.807, 2.05) is 38.3 Å². The molecule has 0 aliphatic rings. The van der Waals surface area contributed by atoms with Crippen molar-refractivity contribution in [1.82, 2.24) is 0 Å². The Hall–Kier alpha value is -1.18. The lowest BCUT2D eigenvalue weighted by Crippen LogP contribution is -2.19. The first kappa shape index (κ1) is 13.9. The lowest BCUT2D eigenvalue weighted by atomic mass is 10.2. The number of nitrogens with zero attached hydrogens (tertiary/aromatic N) is 1. The van der Waals surface area contributed by atoms with Crippen LogP contribution in [0.15, 0.2) is 23.1 Å². The molecule has 3 nitrogen and oxygen atoms in total. The molecule has 1 aromatic rings. The average molecular weight is 251 g/mol. The highest BCUT2D eigenvalue weighted by Crippen LogP contribution is 2.28. The van der Waals surface area contributed by atoms with Crippen molar-refractivity contribution in [3.8, 4) is 11.8 Å². The van der Waals surface area contributed by atoms with E-state index in [4.69, 9.17) is 14.7 Å². The fraction of sp³-hybridized carbons (Fsp3) is 0.462. The molecule has 1 rings (SSSR count). The summed E-state index contributed by atoms with van der Waals surface area (Å²) in [4.78, 5) is 0.939. The monoisotopic (exact) mass is 251 g/mol. The molecule has 0 heterocycles. The van der Waals surface area contributed by atoms with Crippen LogP contribution in [0.3, 0.4) is 0 Å². The number of hydrogen-bond acceptors (Lipinski definition) is 4. The smallest absolute Gasteiger partial charge is 0.138 e. The molecule has 92 valence electrons. The van der Waals surface area contributed by atoms with Crippen LogP contribution in [0.4, 0.5) is 0 Å². The Morgan fingerprint density at radius 3 is 2.82 bits per heavy atom. The molecule has 17 heavy (non-hydrogen) atoms. The summed E-state index contributed by atoms with van der Waals surface area (Å²) < 4.78 is 11.0. The minimum Gasteiger partial charge on any atom is -0.487 e. The average Bonchev–Trinajstić information content (AvgIpc) is 2.35. The van der Waals surface area contributed by atoms with Gasteiger partial charge in [0.1, 0.15) is 23.5 Å². The van der Waals surface area contributed by atoms with Crippen LogP contribution in [0.5, 0.6) is 5.75 Å². The summed E-state index contributed by atoms with van der Waals surface area (Å²) in [7, 11) is 0. The summed E-state index contributed by atoms with van der Waals surface area (Å²) in [6, 6.07) is 7.83. The van der Waals surface area contributed by atoms with Crippen LogP contribution in [0, 0.1) is 11.3 Å². The largest absolute Gasteiger partial charge is 0.487 e. The maximum Gasteiger partial charge on any atom is 0.138 e. The highest BCUT2D eigenvalue weighted by atomic mass is 32.2. The van der Waals surface area contributed by atoms with Crippen molar-refractivity contribution in [3.05, 3.63) is 23.8 Å². The Bertz CT molecular complexity index is 401. The van der Waals surface area contributed by atoms with Gasteiger partial charge in [0.2, 0.25) is 0 Å². The third-order valence-electron chi connectivity index (χ3n) is 2.20. The van der Waals surface area contributed by atoms with Crippen molar-refractivity contribution in [3.63, 3.8) is 0 Å². The van der Waals surface area contributed by atoms with E-state index in [0.717, 1.165) is 4.90 Å². The molecule has 0 aromatic heterocycles. The maximum absolute atomic E-state index is 9.14. The van der Waals surface area contributed by atoms with E-state index >= 15 is 0 Å². The third-order valence-corrected chi connectivity index (χ3v) is 2.98. The Balaban J connectivity index is 2.80. The fourth-order valence-corrected chi connectivity index (χ4v) is 1.99. The molecule has 0 fully saturated rings. The van der Waals surface area contributed by atoms with E-state index in [1.54, 1.807) is 11.8 Å². The molecule has 0 saturated heterocycles. The molecule has 1 unspecified atom stereocenters. The summed E-state index contributed by atoms with van der Waals surface area (Å²) in [5, 5.41) is 9.14. The van der Waals surface area contributed by atoms with E-state index in [-0.39, 0.29) is 6.10 Å². The SMILES string of the molecule is CCOCC(C)Oc1cccc(SC)c1C#N. The standard InChI is InChI=1S/C13H17NO2S/c1-4-15-9-10(2)16-12-6-5-7-13(17-3)11(12)8-14/h5-7,10H,4,9H2,1-3H3. The zero-order valence-corrected chi connectivity index (χ0v) is 11.2. The minimum atomic E-state index is -0.0563. The quantitative estimate of drug-likeness (QED) is 0.729. The fourth-order valence-electron chi connectivity index (χ4n) is 1.42. The number of nitriles is 1. The summed E-state index contributed by atoms with van der Waals surface area (Å²) in [6.07, 6.45) is 1.89. The second kappa shape index (κ2) is 7.21. The van der Waals surface area contributed by atoms with Crippen molar-refractivity contribution in [2.45, 2.75) is 24.8 Å². The predicted molar refractivity (Wildman–Crippen MR) is 69.5 cm³/mol. The molecule has 1 aromatic carbocycles. The Kier molecular flexibility index (Phi) is 5.88. The summed E-state index contributed by atoms with van der Waals surface area (Å²) in [5.41, 5.74) is 0.600. The van der Waals surface area contributed by atoms with Crippen LogP contribution < -0.4 is 4.74 Å².